The zero-order chi connectivity index (χ0) is 35.9. The summed E-state index contributed by atoms with van der Waals surface area (Å²) in [5.74, 6) is -0.566. The van der Waals surface area contributed by atoms with Crippen LogP contribution in [-0.4, -0.2) is 24.7 Å². The van der Waals surface area contributed by atoms with Crippen LogP contribution in [0.15, 0.2) is 158 Å². The van der Waals surface area contributed by atoms with Crippen LogP contribution < -0.4 is 5.32 Å². The number of benzene rings is 6. The van der Waals surface area contributed by atoms with Crippen molar-refractivity contribution in [1.29, 1.82) is 0 Å². The van der Waals surface area contributed by atoms with Crippen molar-refractivity contribution < 1.29 is 19.1 Å². The highest BCUT2D eigenvalue weighted by molar-refractivity contribution is 6.31. The zero-order valence-electron chi connectivity index (χ0n) is 29.0. The van der Waals surface area contributed by atoms with Gasteiger partial charge in [0, 0.05) is 33.7 Å². The standard InChI is InChI=1S/C46H40ClNO4/c1-32-24-27-35(28-25-32)46(34-16-6-3-7-17-34,42-22-12-13-23-43(42)47)52-44(49)30-36(29-26-33-14-4-2-5-15-33)48-45(50)51-31-41-39-20-10-8-18-37(39)38-19-9-11-21-40(38)41/h2-25,27-28,36,41H,26,29-31H2,1H3,(H,48,50)/t36-,46?/m0/s1. The molecule has 0 heterocycles. The number of aryl methyl sites for hydroxylation is 2. The highest BCUT2D eigenvalue weighted by Gasteiger charge is 2.42. The Kier molecular flexibility index (Phi) is 10.5. The van der Waals surface area contributed by atoms with Crippen LogP contribution in [0.3, 0.4) is 0 Å². The van der Waals surface area contributed by atoms with Crippen molar-refractivity contribution in [2.24, 2.45) is 0 Å². The van der Waals surface area contributed by atoms with Gasteiger partial charge in [-0.05, 0) is 53.6 Å². The summed E-state index contributed by atoms with van der Waals surface area (Å²) in [6.45, 7) is 2.19. The van der Waals surface area contributed by atoms with Gasteiger partial charge in [-0.3, -0.25) is 4.79 Å². The number of alkyl carbamates (subject to hydrolysis) is 1. The van der Waals surface area contributed by atoms with Gasteiger partial charge in [-0.25, -0.2) is 4.79 Å². The lowest BCUT2D eigenvalue weighted by Gasteiger charge is -2.36. The van der Waals surface area contributed by atoms with Crippen LogP contribution >= 0.6 is 11.6 Å². The van der Waals surface area contributed by atoms with Crippen molar-refractivity contribution in [3.63, 3.8) is 0 Å². The van der Waals surface area contributed by atoms with Crippen molar-refractivity contribution in [3.05, 3.63) is 202 Å². The molecule has 0 saturated heterocycles. The smallest absolute Gasteiger partial charge is 0.407 e. The lowest BCUT2D eigenvalue weighted by molar-refractivity contribution is -0.154. The first-order valence-corrected chi connectivity index (χ1v) is 18.0. The largest absolute Gasteiger partial charge is 0.449 e. The number of fused-ring (bicyclic) bond motifs is 3. The monoisotopic (exact) mass is 705 g/mol. The lowest BCUT2D eigenvalue weighted by atomic mass is 9.79. The minimum absolute atomic E-state index is 0.0810. The SMILES string of the molecule is Cc1ccc(C(OC(=O)C[C@H](CCc2ccccc2)NC(=O)OCC2c3ccccc3-c3ccccc32)(c2ccccc2)c2ccccc2Cl)cc1. The van der Waals surface area contributed by atoms with Crippen LogP contribution in [0.1, 0.15) is 57.7 Å². The number of hydrogen-bond donors (Lipinski definition) is 1. The average molecular weight is 706 g/mol. The van der Waals surface area contributed by atoms with Crippen LogP contribution in [0, 0.1) is 6.92 Å². The predicted molar refractivity (Wildman–Crippen MR) is 206 cm³/mol. The van der Waals surface area contributed by atoms with Crippen molar-refractivity contribution in [2.75, 3.05) is 6.61 Å². The molecule has 52 heavy (non-hydrogen) atoms. The maximum Gasteiger partial charge on any atom is 0.407 e. The molecular formula is C46H40ClNO4. The van der Waals surface area contributed by atoms with Gasteiger partial charge in [-0.1, -0.05) is 169 Å². The number of carbonyl (C=O) groups excluding carboxylic acids is 2. The fraction of sp³-hybridized carbons (Fsp3) is 0.174. The van der Waals surface area contributed by atoms with Crippen LogP contribution in [-0.2, 0) is 26.3 Å². The zero-order valence-corrected chi connectivity index (χ0v) is 29.8. The molecule has 0 bridgehead atoms. The molecule has 0 aromatic heterocycles. The average Bonchev–Trinajstić information content (AvgIpc) is 3.50. The Morgan fingerprint density at radius 1 is 0.692 bits per heavy atom. The van der Waals surface area contributed by atoms with E-state index in [0.717, 1.165) is 44.5 Å². The molecule has 1 aliphatic rings. The highest BCUT2D eigenvalue weighted by Crippen LogP contribution is 2.45. The molecule has 6 aromatic rings. The van der Waals surface area contributed by atoms with E-state index in [9.17, 15) is 9.59 Å². The Bertz CT molecular complexity index is 2110. The summed E-state index contributed by atoms with van der Waals surface area (Å²) in [5, 5.41) is 3.50. The predicted octanol–water partition coefficient (Wildman–Crippen LogP) is 10.4. The number of rotatable bonds is 12. The Labute approximate surface area is 310 Å². The first kappa shape index (κ1) is 34.8. The van der Waals surface area contributed by atoms with Gasteiger partial charge in [0.25, 0.3) is 0 Å². The van der Waals surface area contributed by atoms with Gasteiger partial charge in [0.1, 0.15) is 6.61 Å². The second-order valence-electron chi connectivity index (χ2n) is 13.3. The number of halogens is 1. The molecule has 6 heteroatoms. The first-order chi connectivity index (χ1) is 25.4. The first-order valence-electron chi connectivity index (χ1n) is 17.7. The van der Waals surface area contributed by atoms with E-state index < -0.39 is 23.7 Å². The maximum absolute atomic E-state index is 14.3. The molecule has 6 aromatic carbocycles. The molecule has 2 atom stereocenters. The lowest BCUT2D eigenvalue weighted by Crippen LogP contribution is -2.41. The number of esters is 1. The highest BCUT2D eigenvalue weighted by atomic mass is 35.5. The second kappa shape index (κ2) is 15.7. The van der Waals surface area contributed by atoms with E-state index in [1.165, 1.54) is 0 Å². The second-order valence-corrected chi connectivity index (χ2v) is 13.7. The normalized spacial score (nSPS) is 13.7. The van der Waals surface area contributed by atoms with E-state index >= 15 is 0 Å². The fourth-order valence-corrected chi connectivity index (χ4v) is 7.56. The topological polar surface area (TPSA) is 64.6 Å². The van der Waals surface area contributed by atoms with Gasteiger partial charge in [0.05, 0.1) is 6.42 Å². The third-order valence-electron chi connectivity index (χ3n) is 9.86. The third-order valence-corrected chi connectivity index (χ3v) is 10.2. The molecule has 1 unspecified atom stereocenters. The van der Waals surface area contributed by atoms with Crippen LogP contribution in [0.4, 0.5) is 4.79 Å². The van der Waals surface area contributed by atoms with Gasteiger partial charge in [0.2, 0.25) is 0 Å². The molecule has 1 aliphatic carbocycles. The molecule has 0 spiro atoms. The van der Waals surface area contributed by atoms with Gasteiger partial charge in [0.15, 0.2) is 5.60 Å². The Morgan fingerprint density at radius 3 is 1.90 bits per heavy atom. The summed E-state index contributed by atoms with van der Waals surface area (Å²) < 4.78 is 12.6. The van der Waals surface area contributed by atoms with E-state index in [-0.39, 0.29) is 18.9 Å². The minimum Gasteiger partial charge on any atom is -0.449 e. The number of amides is 1. The fourth-order valence-electron chi connectivity index (χ4n) is 7.29. The van der Waals surface area contributed by atoms with Crippen molar-refractivity contribution in [2.45, 2.75) is 43.7 Å². The van der Waals surface area contributed by atoms with Crippen molar-refractivity contribution in [1.82, 2.24) is 5.32 Å². The van der Waals surface area contributed by atoms with Gasteiger partial charge in [-0.15, -0.1) is 0 Å². The molecule has 0 saturated carbocycles. The molecule has 5 nitrogen and oxygen atoms in total. The molecular weight excluding hydrogens is 666 g/mol. The summed E-state index contributed by atoms with van der Waals surface area (Å²) in [4.78, 5) is 27.9. The summed E-state index contributed by atoms with van der Waals surface area (Å²) in [6, 6.07) is 51.0. The van der Waals surface area contributed by atoms with Crippen LogP contribution in [0.25, 0.3) is 11.1 Å². The number of carbonyl (C=O) groups is 2. The molecule has 1 N–H and O–H groups in total. The maximum atomic E-state index is 14.3. The molecule has 0 fully saturated rings. The quantitative estimate of drug-likeness (QED) is 0.102. The van der Waals surface area contributed by atoms with E-state index in [0.29, 0.717) is 23.4 Å². The number of ether oxygens (including phenoxy) is 2. The number of nitrogens with one attached hydrogen (secondary N) is 1. The minimum atomic E-state index is -1.35. The molecule has 0 aliphatic heterocycles. The Hall–Kier alpha value is -5.65. The summed E-state index contributed by atoms with van der Waals surface area (Å²) >= 11 is 6.90. The summed E-state index contributed by atoms with van der Waals surface area (Å²) in [7, 11) is 0. The summed E-state index contributed by atoms with van der Waals surface area (Å²) in [5.41, 5.74) is 7.57. The van der Waals surface area contributed by atoms with Gasteiger partial charge >= 0.3 is 12.1 Å². The van der Waals surface area contributed by atoms with Crippen molar-refractivity contribution in [3.8, 4) is 11.1 Å². The Morgan fingerprint density at radius 2 is 1.25 bits per heavy atom. The molecule has 1 amide bonds. The van der Waals surface area contributed by atoms with Crippen molar-refractivity contribution >= 4 is 23.7 Å². The summed E-state index contributed by atoms with van der Waals surface area (Å²) in [6.07, 6.45) is 0.487. The molecule has 0 radical (unpaired) electrons. The van der Waals surface area contributed by atoms with Gasteiger partial charge in [-0.2, -0.15) is 0 Å². The number of hydrogen-bond acceptors (Lipinski definition) is 4. The third kappa shape index (κ3) is 7.37. The van der Waals surface area contributed by atoms with E-state index in [1.807, 2.05) is 134 Å². The van der Waals surface area contributed by atoms with Gasteiger partial charge < -0.3 is 14.8 Å². The van der Waals surface area contributed by atoms with E-state index in [4.69, 9.17) is 21.1 Å². The molecule has 7 rings (SSSR count). The van der Waals surface area contributed by atoms with E-state index in [2.05, 4.69) is 29.6 Å². The van der Waals surface area contributed by atoms with Crippen LogP contribution in [0.5, 0.6) is 0 Å². The molecule has 260 valence electrons. The van der Waals surface area contributed by atoms with E-state index in [1.54, 1.807) is 6.07 Å². The Balaban J connectivity index is 1.15. The van der Waals surface area contributed by atoms with Crippen LogP contribution in [0.2, 0.25) is 5.02 Å².